The Hall–Kier alpha value is -3.06. The van der Waals surface area contributed by atoms with Crippen molar-refractivity contribution >= 4 is 35.0 Å². The fourth-order valence-corrected chi connectivity index (χ4v) is 2.43. The monoisotopic (exact) mass is 403 g/mol. The van der Waals surface area contributed by atoms with Crippen LogP contribution in [0.2, 0.25) is 5.02 Å². The fourth-order valence-electron chi connectivity index (χ4n) is 2.25. The molecule has 148 valence electrons. The van der Waals surface area contributed by atoms with Crippen molar-refractivity contribution in [3.05, 3.63) is 59.1 Å². The summed E-state index contributed by atoms with van der Waals surface area (Å²) in [5.74, 6) is -0.765. The van der Waals surface area contributed by atoms with Crippen LogP contribution in [0.5, 0.6) is 5.75 Å². The molecule has 0 atom stereocenters. The number of nitrogens with one attached hydrogen (secondary N) is 3. The molecule has 3 N–H and O–H groups in total. The molecule has 7 nitrogen and oxygen atoms in total. The molecule has 3 amide bonds. The number of anilines is 1. The van der Waals surface area contributed by atoms with E-state index in [2.05, 4.69) is 16.2 Å². The van der Waals surface area contributed by atoms with Gasteiger partial charge in [0.15, 0.2) is 0 Å². The summed E-state index contributed by atoms with van der Waals surface area (Å²) in [6.07, 6.45) is -0.160. The minimum Gasteiger partial charge on any atom is -0.491 e. The molecule has 0 unspecified atom stereocenters. The van der Waals surface area contributed by atoms with E-state index in [0.29, 0.717) is 22.0 Å². The van der Waals surface area contributed by atoms with Gasteiger partial charge in [-0.3, -0.25) is 25.2 Å². The molecule has 0 saturated carbocycles. The van der Waals surface area contributed by atoms with Crippen molar-refractivity contribution in [1.82, 2.24) is 10.9 Å². The van der Waals surface area contributed by atoms with E-state index in [1.807, 2.05) is 13.8 Å². The van der Waals surface area contributed by atoms with Gasteiger partial charge in [0.25, 0.3) is 5.91 Å². The molecule has 0 aliphatic heterocycles. The highest BCUT2D eigenvalue weighted by molar-refractivity contribution is 6.33. The second-order valence-corrected chi connectivity index (χ2v) is 6.63. The Bertz CT molecular complexity index is 855. The molecule has 0 aliphatic carbocycles. The highest BCUT2D eigenvalue weighted by Gasteiger charge is 2.11. The van der Waals surface area contributed by atoms with E-state index in [1.165, 1.54) is 0 Å². The van der Waals surface area contributed by atoms with Gasteiger partial charge >= 0.3 is 0 Å². The zero-order valence-electron chi connectivity index (χ0n) is 15.6. The van der Waals surface area contributed by atoms with Crippen molar-refractivity contribution in [2.75, 3.05) is 5.32 Å². The molecule has 0 fully saturated rings. The molecule has 28 heavy (non-hydrogen) atoms. The van der Waals surface area contributed by atoms with Gasteiger partial charge in [-0.1, -0.05) is 29.8 Å². The van der Waals surface area contributed by atoms with Crippen molar-refractivity contribution in [2.45, 2.75) is 32.8 Å². The van der Waals surface area contributed by atoms with Gasteiger partial charge in [-0.25, -0.2) is 0 Å². The topological polar surface area (TPSA) is 96.5 Å². The van der Waals surface area contributed by atoms with Crippen LogP contribution in [-0.4, -0.2) is 23.8 Å². The summed E-state index contributed by atoms with van der Waals surface area (Å²) in [5, 5.41) is 3.04. The second kappa shape index (κ2) is 10.3. The maximum Gasteiger partial charge on any atom is 0.269 e. The summed E-state index contributed by atoms with van der Waals surface area (Å²) in [7, 11) is 0. The minimum atomic E-state index is -0.489. The lowest BCUT2D eigenvalue weighted by Gasteiger charge is -2.11. The number of amides is 3. The number of carbonyl (C=O) groups is 3. The first-order chi connectivity index (χ1) is 13.3. The van der Waals surface area contributed by atoms with E-state index in [-0.39, 0.29) is 24.9 Å². The number of halogens is 1. The van der Waals surface area contributed by atoms with E-state index in [9.17, 15) is 14.4 Å². The van der Waals surface area contributed by atoms with Crippen molar-refractivity contribution in [1.29, 1.82) is 0 Å². The summed E-state index contributed by atoms with van der Waals surface area (Å²) in [5.41, 5.74) is 5.42. The van der Waals surface area contributed by atoms with Gasteiger partial charge in [-0.2, -0.15) is 0 Å². The van der Waals surface area contributed by atoms with Gasteiger partial charge in [0.2, 0.25) is 11.8 Å². The van der Waals surface area contributed by atoms with Gasteiger partial charge in [0, 0.05) is 18.4 Å². The fraction of sp³-hybridized carbons (Fsp3) is 0.250. The summed E-state index contributed by atoms with van der Waals surface area (Å²) < 4.78 is 5.53. The molecule has 2 aromatic rings. The third-order valence-electron chi connectivity index (χ3n) is 3.51. The Balaban J connectivity index is 1.77. The number of para-hydroxylation sites is 1. The van der Waals surface area contributed by atoms with Crippen LogP contribution >= 0.6 is 11.6 Å². The first-order valence-corrected chi connectivity index (χ1v) is 9.13. The van der Waals surface area contributed by atoms with E-state index < -0.39 is 11.8 Å². The van der Waals surface area contributed by atoms with Crippen LogP contribution in [0.25, 0.3) is 0 Å². The molecule has 0 radical (unpaired) electrons. The Morgan fingerprint density at radius 2 is 1.68 bits per heavy atom. The van der Waals surface area contributed by atoms with Gasteiger partial charge in [-0.05, 0) is 44.2 Å². The average molecular weight is 404 g/mol. The van der Waals surface area contributed by atoms with Crippen LogP contribution in [0.3, 0.4) is 0 Å². The molecule has 8 heteroatoms. The Labute approximate surface area is 168 Å². The van der Waals surface area contributed by atoms with Crippen LogP contribution in [0.4, 0.5) is 5.69 Å². The highest BCUT2D eigenvalue weighted by Crippen LogP contribution is 2.20. The van der Waals surface area contributed by atoms with Gasteiger partial charge in [0.1, 0.15) is 5.75 Å². The van der Waals surface area contributed by atoms with Crippen molar-refractivity contribution in [3.63, 3.8) is 0 Å². The molecule has 0 bridgehead atoms. The molecule has 2 rings (SSSR count). The van der Waals surface area contributed by atoms with Gasteiger partial charge in [0.05, 0.1) is 16.8 Å². The molecule has 0 saturated heterocycles. The summed E-state index contributed by atoms with van der Waals surface area (Å²) in [4.78, 5) is 35.9. The number of hydrogen-bond donors (Lipinski definition) is 3. The average Bonchev–Trinajstić information content (AvgIpc) is 2.66. The lowest BCUT2D eigenvalue weighted by molar-refractivity contribution is -0.124. The SMILES string of the molecule is CC(C)Oc1cccc(C(=O)NNC(=O)CCC(=O)Nc2ccccc2Cl)c1. The van der Waals surface area contributed by atoms with Crippen molar-refractivity contribution in [2.24, 2.45) is 0 Å². The lowest BCUT2D eigenvalue weighted by atomic mass is 10.2. The number of rotatable bonds is 7. The maximum atomic E-state index is 12.1. The predicted molar refractivity (Wildman–Crippen MR) is 107 cm³/mol. The van der Waals surface area contributed by atoms with E-state index in [1.54, 1.807) is 48.5 Å². The molecular formula is C20H22ClN3O4. The molecular weight excluding hydrogens is 382 g/mol. The standard InChI is InChI=1S/C20H22ClN3O4/c1-13(2)28-15-7-5-6-14(12-15)20(27)24-23-19(26)11-10-18(25)22-17-9-4-3-8-16(17)21/h3-9,12-13H,10-11H2,1-2H3,(H,22,25)(H,23,26)(H,24,27). The molecule has 2 aromatic carbocycles. The summed E-state index contributed by atoms with van der Waals surface area (Å²) >= 11 is 5.96. The van der Waals surface area contributed by atoms with Crippen LogP contribution < -0.4 is 20.9 Å². The zero-order chi connectivity index (χ0) is 20.5. The first kappa shape index (κ1) is 21.2. The second-order valence-electron chi connectivity index (χ2n) is 6.22. The van der Waals surface area contributed by atoms with Gasteiger partial charge < -0.3 is 10.1 Å². The maximum absolute atomic E-state index is 12.1. The number of hydrogen-bond acceptors (Lipinski definition) is 4. The number of ether oxygens (including phenoxy) is 1. The third kappa shape index (κ3) is 6.92. The smallest absolute Gasteiger partial charge is 0.269 e. The minimum absolute atomic E-state index is 0.0186. The molecule has 0 aliphatic rings. The van der Waals surface area contributed by atoms with E-state index >= 15 is 0 Å². The summed E-state index contributed by atoms with van der Waals surface area (Å²) in [6.45, 7) is 3.77. The Kier molecular flexibility index (Phi) is 7.83. The number of benzene rings is 2. The van der Waals surface area contributed by atoms with Crippen LogP contribution in [0, 0.1) is 0 Å². The summed E-state index contributed by atoms with van der Waals surface area (Å²) in [6, 6.07) is 13.4. The molecule has 0 heterocycles. The van der Waals surface area contributed by atoms with Crippen molar-refractivity contribution in [3.8, 4) is 5.75 Å². The first-order valence-electron chi connectivity index (χ1n) is 8.75. The molecule has 0 spiro atoms. The molecule has 0 aromatic heterocycles. The van der Waals surface area contributed by atoms with E-state index in [4.69, 9.17) is 16.3 Å². The third-order valence-corrected chi connectivity index (χ3v) is 3.84. The highest BCUT2D eigenvalue weighted by atomic mass is 35.5. The van der Waals surface area contributed by atoms with Gasteiger partial charge in [-0.15, -0.1) is 0 Å². The van der Waals surface area contributed by atoms with Crippen LogP contribution in [0.15, 0.2) is 48.5 Å². The van der Waals surface area contributed by atoms with Crippen LogP contribution in [-0.2, 0) is 9.59 Å². The lowest BCUT2D eigenvalue weighted by Crippen LogP contribution is -2.41. The Morgan fingerprint density at radius 1 is 0.964 bits per heavy atom. The largest absolute Gasteiger partial charge is 0.491 e. The van der Waals surface area contributed by atoms with Crippen LogP contribution in [0.1, 0.15) is 37.0 Å². The van der Waals surface area contributed by atoms with E-state index in [0.717, 1.165) is 0 Å². The Morgan fingerprint density at radius 3 is 2.39 bits per heavy atom. The quantitative estimate of drug-likeness (QED) is 0.618. The predicted octanol–water partition coefficient (Wildman–Crippen LogP) is 3.31. The zero-order valence-corrected chi connectivity index (χ0v) is 16.4. The number of hydrazine groups is 1. The normalized spacial score (nSPS) is 10.3. The van der Waals surface area contributed by atoms with Crippen molar-refractivity contribution < 1.29 is 19.1 Å². The number of carbonyl (C=O) groups excluding carboxylic acids is 3.